The molecule has 0 aliphatic rings. The summed E-state index contributed by atoms with van der Waals surface area (Å²) in [7, 11) is 0. The Kier molecular flexibility index (Phi) is 7.03. The molecule has 0 spiro atoms. The van der Waals surface area contributed by atoms with Crippen molar-refractivity contribution in [2.45, 2.75) is 0 Å². The van der Waals surface area contributed by atoms with Crippen LogP contribution in [0.2, 0.25) is 0 Å². The van der Waals surface area contributed by atoms with Crippen molar-refractivity contribution < 1.29 is 8.83 Å². The van der Waals surface area contributed by atoms with Crippen molar-refractivity contribution in [2.24, 2.45) is 0 Å². The Hall–Kier alpha value is -7.18. The molecular formula is C46H28N4O2. The molecule has 3 aromatic heterocycles. The second kappa shape index (κ2) is 12.3. The predicted octanol–water partition coefficient (Wildman–Crippen LogP) is 11.9. The van der Waals surface area contributed by atoms with Gasteiger partial charge in [0.05, 0.1) is 0 Å². The lowest BCUT2D eigenvalue weighted by molar-refractivity contribution is 0.619. The minimum atomic E-state index is 0.547. The second-order valence-corrected chi connectivity index (χ2v) is 12.7. The van der Waals surface area contributed by atoms with Crippen molar-refractivity contribution in [1.82, 2.24) is 19.9 Å². The summed E-state index contributed by atoms with van der Waals surface area (Å²) >= 11 is 0. The van der Waals surface area contributed by atoms with Crippen LogP contribution in [0.25, 0.3) is 101 Å². The summed E-state index contributed by atoms with van der Waals surface area (Å²) in [5.41, 5.74) is 10.9. The third kappa shape index (κ3) is 5.30. The van der Waals surface area contributed by atoms with E-state index in [1.165, 1.54) is 0 Å². The smallest absolute Gasteiger partial charge is 0.227 e. The molecular weight excluding hydrogens is 641 g/mol. The van der Waals surface area contributed by atoms with Gasteiger partial charge in [-0.15, -0.1) is 0 Å². The molecule has 0 amide bonds. The highest BCUT2D eigenvalue weighted by Crippen LogP contribution is 2.39. The van der Waals surface area contributed by atoms with Gasteiger partial charge in [0, 0.05) is 33.0 Å². The van der Waals surface area contributed by atoms with E-state index in [0.29, 0.717) is 23.4 Å². The highest BCUT2D eigenvalue weighted by molar-refractivity contribution is 6.12. The first kappa shape index (κ1) is 29.7. The van der Waals surface area contributed by atoms with Crippen molar-refractivity contribution in [2.75, 3.05) is 0 Å². The van der Waals surface area contributed by atoms with Gasteiger partial charge in [0.1, 0.15) is 16.7 Å². The number of aromatic nitrogens is 4. The molecule has 0 unspecified atom stereocenters. The van der Waals surface area contributed by atoms with E-state index in [1.54, 1.807) is 0 Å². The average Bonchev–Trinajstić information content (AvgIpc) is 3.83. The van der Waals surface area contributed by atoms with Crippen LogP contribution in [0.3, 0.4) is 0 Å². The van der Waals surface area contributed by atoms with Gasteiger partial charge >= 0.3 is 0 Å². The number of para-hydroxylation sites is 2. The normalized spacial score (nSPS) is 11.5. The number of nitrogens with zero attached hydrogens (tertiary/aromatic N) is 4. The van der Waals surface area contributed by atoms with Gasteiger partial charge < -0.3 is 8.83 Å². The zero-order chi connectivity index (χ0) is 34.4. The topological polar surface area (TPSA) is 77.8 Å². The zero-order valence-corrected chi connectivity index (χ0v) is 27.8. The lowest BCUT2D eigenvalue weighted by atomic mass is 9.96. The van der Waals surface area contributed by atoms with Crippen LogP contribution in [0.15, 0.2) is 179 Å². The quantitative estimate of drug-likeness (QED) is 0.175. The van der Waals surface area contributed by atoms with Gasteiger partial charge in [-0.25, -0.2) is 19.9 Å². The molecule has 0 bridgehead atoms. The molecule has 244 valence electrons. The predicted molar refractivity (Wildman–Crippen MR) is 207 cm³/mol. The van der Waals surface area contributed by atoms with E-state index in [4.69, 9.17) is 28.8 Å². The molecule has 0 fully saturated rings. The number of hydrogen-bond donors (Lipinski definition) is 0. The fourth-order valence-corrected chi connectivity index (χ4v) is 6.83. The minimum Gasteiger partial charge on any atom is -0.456 e. The van der Waals surface area contributed by atoms with Gasteiger partial charge in [-0.1, -0.05) is 115 Å². The number of rotatable bonds is 6. The molecule has 0 atom stereocenters. The molecule has 0 saturated carbocycles. The van der Waals surface area contributed by atoms with Gasteiger partial charge in [0.2, 0.25) is 5.89 Å². The molecule has 10 aromatic rings. The minimum absolute atomic E-state index is 0.547. The maximum Gasteiger partial charge on any atom is 0.227 e. The van der Waals surface area contributed by atoms with Crippen LogP contribution >= 0.6 is 0 Å². The standard InChI is InChI=1S/C46H28N4O2/c1-4-13-29(14-5-1)33-25-34(30-15-6-2-7-16-30)27-35(26-33)44-48-43(31-17-8-3-9-18-31)49-45(50-44)37-19-12-22-40-42(37)36-24-23-32(28-41(36)51-40)46-47-38-20-10-11-21-39(38)52-46/h1-28H. The van der Waals surface area contributed by atoms with E-state index in [0.717, 1.165) is 77.5 Å². The van der Waals surface area contributed by atoms with Crippen molar-refractivity contribution in [1.29, 1.82) is 0 Å². The fourth-order valence-electron chi connectivity index (χ4n) is 6.83. The van der Waals surface area contributed by atoms with Crippen molar-refractivity contribution in [3.8, 4) is 67.9 Å². The van der Waals surface area contributed by atoms with Gasteiger partial charge in [-0.05, 0) is 76.9 Å². The highest BCUT2D eigenvalue weighted by Gasteiger charge is 2.20. The summed E-state index contributed by atoms with van der Waals surface area (Å²) in [6.45, 7) is 0. The Labute approximate surface area is 298 Å². The SMILES string of the molecule is c1ccc(-c2cc(-c3ccccc3)cc(-c3nc(-c4ccccc4)nc(-c4cccc5oc6cc(-c7nc8ccccc8o7)ccc6c45)n3)c2)cc1. The maximum atomic E-state index is 6.47. The molecule has 10 rings (SSSR count). The Morgan fingerprint density at radius 3 is 1.60 bits per heavy atom. The molecule has 6 nitrogen and oxygen atoms in total. The third-order valence-corrected chi connectivity index (χ3v) is 9.35. The highest BCUT2D eigenvalue weighted by atomic mass is 16.3. The van der Waals surface area contributed by atoms with E-state index in [1.807, 2.05) is 91.0 Å². The summed E-state index contributed by atoms with van der Waals surface area (Å²) < 4.78 is 12.5. The number of furan rings is 1. The number of fused-ring (bicyclic) bond motifs is 4. The molecule has 0 aliphatic carbocycles. The summed E-state index contributed by atoms with van der Waals surface area (Å²) in [4.78, 5) is 20.1. The number of hydrogen-bond acceptors (Lipinski definition) is 6. The van der Waals surface area contributed by atoms with E-state index in [-0.39, 0.29) is 0 Å². The molecule has 7 aromatic carbocycles. The Bertz CT molecular complexity index is 2810. The van der Waals surface area contributed by atoms with Gasteiger partial charge in [-0.3, -0.25) is 0 Å². The van der Waals surface area contributed by atoms with Crippen molar-refractivity contribution >= 4 is 33.0 Å². The van der Waals surface area contributed by atoms with Gasteiger partial charge in [0.15, 0.2) is 23.1 Å². The van der Waals surface area contributed by atoms with E-state index < -0.39 is 0 Å². The molecule has 0 radical (unpaired) electrons. The Morgan fingerprint density at radius 1 is 0.327 bits per heavy atom. The van der Waals surface area contributed by atoms with Crippen LogP contribution in [0.1, 0.15) is 0 Å². The maximum absolute atomic E-state index is 6.47. The molecule has 0 saturated heterocycles. The largest absolute Gasteiger partial charge is 0.456 e. The number of oxazole rings is 1. The van der Waals surface area contributed by atoms with Crippen LogP contribution in [0.4, 0.5) is 0 Å². The summed E-state index contributed by atoms with van der Waals surface area (Å²) in [6, 6.07) is 57.3. The average molecular weight is 669 g/mol. The second-order valence-electron chi connectivity index (χ2n) is 12.7. The Balaban J connectivity index is 1.17. The van der Waals surface area contributed by atoms with Crippen molar-refractivity contribution in [3.63, 3.8) is 0 Å². The van der Waals surface area contributed by atoms with Gasteiger partial charge in [-0.2, -0.15) is 0 Å². The zero-order valence-electron chi connectivity index (χ0n) is 27.8. The Morgan fingerprint density at radius 2 is 0.904 bits per heavy atom. The van der Waals surface area contributed by atoms with Crippen molar-refractivity contribution in [3.05, 3.63) is 170 Å². The molecule has 52 heavy (non-hydrogen) atoms. The first-order valence-electron chi connectivity index (χ1n) is 17.1. The molecule has 6 heteroatoms. The number of benzene rings is 7. The van der Waals surface area contributed by atoms with Crippen LogP contribution in [0.5, 0.6) is 0 Å². The monoisotopic (exact) mass is 668 g/mol. The molecule has 0 N–H and O–H groups in total. The summed E-state index contributed by atoms with van der Waals surface area (Å²) in [5.74, 6) is 2.29. The lowest BCUT2D eigenvalue weighted by Gasteiger charge is -2.12. The van der Waals surface area contributed by atoms with Crippen LogP contribution in [-0.2, 0) is 0 Å². The fraction of sp³-hybridized carbons (Fsp3) is 0. The molecule has 0 aliphatic heterocycles. The first-order valence-corrected chi connectivity index (χ1v) is 17.1. The van der Waals surface area contributed by atoms with Crippen LogP contribution in [-0.4, -0.2) is 19.9 Å². The molecule has 3 heterocycles. The third-order valence-electron chi connectivity index (χ3n) is 9.35. The van der Waals surface area contributed by atoms with Crippen LogP contribution in [0, 0.1) is 0 Å². The summed E-state index contributed by atoms with van der Waals surface area (Å²) in [6.07, 6.45) is 0. The summed E-state index contributed by atoms with van der Waals surface area (Å²) in [5, 5.41) is 1.88. The van der Waals surface area contributed by atoms with Gasteiger partial charge in [0.25, 0.3) is 0 Å². The van der Waals surface area contributed by atoms with Crippen LogP contribution < -0.4 is 0 Å². The lowest BCUT2D eigenvalue weighted by Crippen LogP contribution is -2.01. The first-order chi connectivity index (χ1) is 25.7. The van der Waals surface area contributed by atoms with E-state index >= 15 is 0 Å². The van der Waals surface area contributed by atoms with E-state index in [2.05, 4.69) is 78.9 Å². The van der Waals surface area contributed by atoms with E-state index in [9.17, 15) is 0 Å².